The molecule has 15 heavy (non-hydrogen) atoms. The van der Waals surface area contributed by atoms with E-state index < -0.39 is 6.10 Å². The minimum absolute atomic E-state index is 0.359. The lowest BCUT2D eigenvalue weighted by atomic mass is 10.2. The molecular formula is C11H9NO3. The highest BCUT2D eigenvalue weighted by atomic mass is 16.6. The molecule has 2 rings (SSSR count). The lowest BCUT2D eigenvalue weighted by molar-refractivity contribution is -0.143. The van der Waals surface area contributed by atoms with E-state index >= 15 is 0 Å². The average Bonchev–Trinajstić information content (AvgIpc) is 2.65. The van der Waals surface area contributed by atoms with Gasteiger partial charge in [0.2, 0.25) is 0 Å². The third kappa shape index (κ3) is 1.91. The fraction of sp³-hybridized carbons (Fsp3) is 0.273. The number of ether oxygens (including phenoxy) is 2. The van der Waals surface area contributed by atoms with E-state index in [1.165, 1.54) is 0 Å². The molecule has 0 spiro atoms. The monoisotopic (exact) mass is 203 g/mol. The predicted octanol–water partition coefficient (Wildman–Crippen LogP) is 1.25. The van der Waals surface area contributed by atoms with Crippen LogP contribution in [0.15, 0.2) is 24.3 Å². The van der Waals surface area contributed by atoms with Crippen molar-refractivity contribution in [1.82, 2.24) is 0 Å². The van der Waals surface area contributed by atoms with Gasteiger partial charge in [-0.25, -0.2) is 4.79 Å². The number of cyclic esters (lactones) is 1. The van der Waals surface area contributed by atoms with Crippen LogP contribution < -0.4 is 4.74 Å². The van der Waals surface area contributed by atoms with Gasteiger partial charge >= 0.3 is 5.97 Å². The Kier molecular flexibility index (Phi) is 2.55. The number of rotatable bonds is 2. The van der Waals surface area contributed by atoms with Gasteiger partial charge in [-0.1, -0.05) is 12.1 Å². The maximum absolute atomic E-state index is 11.1. The molecule has 0 aliphatic carbocycles. The van der Waals surface area contributed by atoms with Crippen LogP contribution in [0.2, 0.25) is 0 Å². The van der Waals surface area contributed by atoms with Crippen molar-refractivity contribution in [3.05, 3.63) is 29.8 Å². The number of hydrogen-bond donors (Lipinski definition) is 0. The molecule has 4 nitrogen and oxygen atoms in total. The van der Waals surface area contributed by atoms with E-state index in [9.17, 15) is 4.79 Å². The molecule has 1 aliphatic rings. The van der Waals surface area contributed by atoms with E-state index in [0.717, 1.165) is 0 Å². The zero-order valence-electron chi connectivity index (χ0n) is 7.97. The number of esters is 1. The minimum atomic E-state index is -0.570. The van der Waals surface area contributed by atoms with E-state index in [4.69, 9.17) is 14.7 Å². The van der Waals surface area contributed by atoms with Crippen molar-refractivity contribution in [2.45, 2.75) is 12.5 Å². The molecule has 0 aromatic heterocycles. The van der Waals surface area contributed by atoms with E-state index in [0.29, 0.717) is 24.3 Å². The number of carbonyl (C=O) groups excluding carboxylic acids is 1. The van der Waals surface area contributed by atoms with Crippen molar-refractivity contribution in [1.29, 1.82) is 5.26 Å². The highest BCUT2D eigenvalue weighted by Gasteiger charge is 2.28. The van der Waals surface area contributed by atoms with Gasteiger partial charge in [0.05, 0.1) is 12.2 Å². The summed E-state index contributed by atoms with van der Waals surface area (Å²) in [5.74, 6) is 0.0755. The Morgan fingerprint density at radius 2 is 2.27 bits per heavy atom. The van der Waals surface area contributed by atoms with Crippen LogP contribution in [0.5, 0.6) is 5.75 Å². The molecule has 1 atom stereocenters. The third-order valence-corrected chi connectivity index (χ3v) is 2.16. The van der Waals surface area contributed by atoms with Gasteiger partial charge in [0.1, 0.15) is 11.8 Å². The van der Waals surface area contributed by atoms with E-state index in [2.05, 4.69) is 0 Å². The van der Waals surface area contributed by atoms with Crippen LogP contribution in [0.1, 0.15) is 12.0 Å². The van der Waals surface area contributed by atoms with Gasteiger partial charge in [0.15, 0.2) is 6.10 Å². The van der Waals surface area contributed by atoms with Gasteiger partial charge in [-0.05, 0) is 12.1 Å². The zero-order valence-corrected chi connectivity index (χ0v) is 7.97. The standard InChI is InChI=1S/C11H9NO3/c12-7-8-3-1-2-4-9(8)15-10-5-6-14-11(10)13/h1-4,10H,5-6H2/t10-/m1/s1. The Bertz CT molecular complexity index is 422. The summed E-state index contributed by atoms with van der Waals surface area (Å²) in [6.45, 7) is 0.387. The maximum atomic E-state index is 11.1. The van der Waals surface area contributed by atoms with Gasteiger partial charge in [-0.2, -0.15) is 5.26 Å². The molecule has 0 saturated carbocycles. The Morgan fingerprint density at radius 3 is 2.93 bits per heavy atom. The summed E-state index contributed by atoms with van der Waals surface area (Å²) in [6.07, 6.45) is -0.0296. The van der Waals surface area contributed by atoms with E-state index in [1.807, 2.05) is 6.07 Å². The first-order valence-electron chi connectivity index (χ1n) is 4.63. The highest BCUT2D eigenvalue weighted by molar-refractivity contribution is 5.76. The second-order valence-corrected chi connectivity index (χ2v) is 3.17. The maximum Gasteiger partial charge on any atom is 0.347 e. The Balaban J connectivity index is 2.17. The van der Waals surface area contributed by atoms with Crippen molar-refractivity contribution in [2.75, 3.05) is 6.61 Å². The smallest absolute Gasteiger partial charge is 0.347 e. The van der Waals surface area contributed by atoms with Gasteiger partial charge in [-0.3, -0.25) is 0 Å². The zero-order chi connectivity index (χ0) is 10.7. The number of nitriles is 1. The summed E-state index contributed by atoms with van der Waals surface area (Å²) in [5, 5.41) is 8.81. The number of carbonyl (C=O) groups is 1. The molecule has 1 heterocycles. The molecule has 1 aromatic carbocycles. The van der Waals surface area contributed by atoms with E-state index in [1.54, 1.807) is 24.3 Å². The normalized spacial score (nSPS) is 19.4. The molecule has 76 valence electrons. The fourth-order valence-corrected chi connectivity index (χ4v) is 1.40. The van der Waals surface area contributed by atoms with Crippen LogP contribution in [0.4, 0.5) is 0 Å². The van der Waals surface area contributed by atoms with Crippen LogP contribution in [-0.4, -0.2) is 18.7 Å². The summed E-state index contributed by atoms with van der Waals surface area (Å²) in [4.78, 5) is 11.1. The van der Waals surface area contributed by atoms with Crippen LogP contribution in [0.3, 0.4) is 0 Å². The topological polar surface area (TPSA) is 59.3 Å². The van der Waals surface area contributed by atoms with Gasteiger partial charge in [0.25, 0.3) is 0 Å². The second-order valence-electron chi connectivity index (χ2n) is 3.17. The van der Waals surface area contributed by atoms with Crippen LogP contribution in [0.25, 0.3) is 0 Å². The van der Waals surface area contributed by atoms with Crippen molar-refractivity contribution < 1.29 is 14.3 Å². The highest BCUT2D eigenvalue weighted by Crippen LogP contribution is 2.21. The van der Waals surface area contributed by atoms with Crippen LogP contribution in [-0.2, 0) is 9.53 Å². The first-order valence-corrected chi connectivity index (χ1v) is 4.63. The van der Waals surface area contributed by atoms with Crippen LogP contribution >= 0.6 is 0 Å². The molecule has 4 heteroatoms. The number of benzene rings is 1. The van der Waals surface area contributed by atoms with E-state index in [-0.39, 0.29) is 5.97 Å². The largest absolute Gasteiger partial charge is 0.477 e. The number of nitrogens with zero attached hydrogens (tertiary/aromatic N) is 1. The molecule has 0 N–H and O–H groups in total. The Morgan fingerprint density at radius 1 is 1.47 bits per heavy atom. The lowest BCUT2D eigenvalue weighted by Gasteiger charge is -2.10. The number of hydrogen-bond acceptors (Lipinski definition) is 4. The molecule has 0 unspecified atom stereocenters. The quantitative estimate of drug-likeness (QED) is 0.679. The molecule has 0 bridgehead atoms. The van der Waals surface area contributed by atoms with Crippen molar-refractivity contribution in [3.8, 4) is 11.8 Å². The molecule has 1 fully saturated rings. The van der Waals surface area contributed by atoms with Crippen molar-refractivity contribution in [2.24, 2.45) is 0 Å². The molecule has 0 amide bonds. The Labute approximate surface area is 87.0 Å². The summed E-state index contributed by atoms with van der Waals surface area (Å²) in [6, 6.07) is 8.84. The number of para-hydroxylation sites is 1. The third-order valence-electron chi connectivity index (χ3n) is 2.16. The minimum Gasteiger partial charge on any atom is -0.477 e. The second kappa shape index (κ2) is 4.01. The van der Waals surface area contributed by atoms with Gasteiger partial charge < -0.3 is 9.47 Å². The summed E-state index contributed by atoms with van der Waals surface area (Å²) < 4.78 is 10.2. The summed E-state index contributed by atoms with van der Waals surface area (Å²) >= 11 is 0. The molecule has 1 saturated heterocycles. The Hall–Kier alpha value is -2.02. The van der Waals surface area contributed by atoms with Crippen molar-refractivity contribution in [3.63, 3.8) is 0 Å². The predicted molar refractivity (Wildman–Crippen MR) is 51.1 cm³/mol. The summed E-state index contributed by atoms with van der Waals surface area (Å²) in [7, 11) is 0. The molecule has 1 aliphatic heterocycles. The molecular weight excluding hydrogens is 194 g/mol. The average molecular weight is 203 g/mol. The first kappa shape index (κ1) is 9.53. The molecule has 0 radical (unpaired) electrons. The van der Waals surface area contributed by atoms with Crippen molar-refractivity contribution >= 4 is 5.97 Å². The van der Waals surface area contributed by atoms with Crippen LogP contribution in [0, 0.1) is 11.3 Å². The van der Waals surface area contributed by atoms with Gasteiger partial charge in [-0.15, -0.1) is 0 Å². The van der Waals surface area contributed by atoms with Gasteiger partial charge in [0, 0.05) is 6.42 Å². The summed E-state index contributed by atoms with van der Waals surface area (Å²) in [5.41, 5.74) is 0.428. The lowest BCUT2D eigenvalue weighted by Crippen LogP contribution is -2.22. The first-order chi connectivity index (χ1) is 7.31. The molecule has 1 aromatic rings. The SMILES string of the molecule is N#Cc1ccccc1O[C@@H]1CCOC1=O. The fourth-order valence-electron chi connectivity index (χ4n) is 1.40.